The van der Waals surface area contributed by atoms with Crippen LogP contribution in [0.4, 0.5) is 5.69 Å². The van der Waals surface area contributed by atoms with E-state index in [1.54, 1.807) is 18.2 Å². The van der Waals surface area contributed by atoms with Crippen LogP contribution in [0.3, 0.4) is 0 Å². The van der Waals surface area contributed by atoms with Gasteiger partial charge in [-0.1, -0.05) is 41.9 Å². The summed E-state index contributed by atoms with van der Waals surface area (Å²) in [5.41, 5.74) is 4.25. The van der Waals surface area contributed by atoms with Crippen LogP contribution in [0.15, 0.2) is 60.7 Å². The average molecular weight is 431 g/mol. The van der Waals surface area contributed by atoms with Crippen LogP contribution in [0.5, 0.6) is 11.5 Å². The van der Waals surface area contributed by atoms with Crippen molar-refractivity contribution in [2.45, 2.75) is 13.5 Å². The Hall–Kier alpha value is -3.75. The van der Waals surface area contributed by atoms with E-state index in [4.69, 9.17) is 21.1 Å². The number of benzene rings is 3. The maximum absolute atomic E-state index is 12.4. The number of nitriles is 1. The highest BCUT2D eigenvalue weighted by Gasteiger charge is 2.24. The van der Waals surface area contributed by atoms with Gasteiger partial charge in [0.25, 0.3) is 5.91 Å². The van der Waals surface area contributed by atoms with Gasteiger partial charge in [0.1, 0.15) is 6.61 Å². The summed E-state index contributed by atoms with van der Waals surface area (Å²) >= 11 is 6.03. The minimum atomic E-state index is -0.177. The average Bonchev–Trinajstić information content (AvgIpc) is 3.07. The van der Waals surface area contributed by atoms with Crippen molar-refractivity contribution in [2.24, 2.45) is 0 Å². The van der Waals surface area contributed by atoms with Gasteiger partial charge in [-0.25, -0.2) is 0 Å². The molecule has 0 aromatic heterocycles. The summed E-state index contributed by atoms with van der Waals surface area (Å²) in [5.74, 6) is 0.962. The third-order valence-corrected chi connectivity index (χ3v) is 5.10. The third kappa shape index (κ3) is 4.40. The first kappa shape index (κ1) is 20.5. The lowest BCUT2D eigenvalue weighted by Gasteiger charge is -2.13. The fraction of sp³-hybridized carbons (Fsp3) is 0.120. The van der Waals surface area contributed by atoms with Crippen molar-refractivity contribution in [3.05, 3.63) is 87.9 Å². The molecular formula is C25H19ClN2O3. The molecule has 5 nitrogen and oxygen atoms in total. The molecule has 0 fully saturated rings. The SMILES string of the molecule is CCOc1cc(/C=C2/C(=O)Nc3cc(Cl)ccc32)ccc1OCc1ccccc1C#N. The van der Waals surface area contributed by atoms with E-state index in [1.807, 2.05) is 55.5 Å². The number of hydrogen-bond acceptors (Lipinski definition) is 4. The number of ether oxygens (including phenoxy) is 2. The minimum absolute atomic E-state index is 0.177. The predicted octanol–water partition coefficient (Wildman–Crippen LogP) is 5.68. The molecule has 0 aliphatic carbocycles. The van der Waals surface area contributed by atoms with Gasteiger partial charge in [0.05, 0.1) is 23.9 Å². The Morgan fingerprint density at radius 2 is 1.90 bits per heavy atom. The van der Waals surface area contributed by atoms with Crippen molar-refractivity contribution < 1.29 is 14.3 Å². The Kier molecular flexibility index (Phi) is 5.92. The summed E-state index contributed by atoms with van der Waals surface area (Å²) in [6.45, 7) is 2.61. The standard InChI is InChI=1S/C25H19ClN2O3/c1-2-30-24-12-16(11-21-20-9-8-19(26)13-22(20)28-25(21)29)7-10-23(24)31-15-18-6-4-3-5-17(18)14-27/h3-13H,2,15H2,1H3,(H,28,29)/b21-11+. The highest BCUT2D eigenvalue weighted by molar-refractivity contribution is 6.36. The van der Waals surface area contributed by atoms with E-state index >= 15 is 0 Å². The molecule has 0 unspecified atom stereocenters. The molecule has 6 heteroatoms. The number of anilines is 1. The van der Waals surface area contributed by atoms with Gasteiger partial charge in [-0.05, 0) is 48.9 Å². The molecule has 1 aliphatic rings. The summed E-state index contributed by atoms with van der Waals surface area (Å²) < 4.78 is 11.7. The molecule has 3 aromatic rings. The van der Waals surface area contributed by atoms with Crippen LogP contribution >= 0.6 is 11.6 Å². The maximum Gasteiger partial charge on any atom is 0.256 e. The van der Waals surface area contributed by atoms with Gasteiger partial charge in [-0.2, -0.15) is 5.26 Å². The fourth-order valence-corrected chi connectivity index (χ4v) is 3.56. The second kappa shape index (κ2) is 8.95. The molecule has 0 saturated carbocycles. The smallest absolute Gasteiger partial charge is 0.256 e. The number of carbonyl (C=O) groups is 1. The van der Waals surface area contributed by atoms with Crippen LogP contribution in [-0.2, 0) is 11.4 Å². The first-order valence-corrected chi connectivity index (χ1v) is 10.2. The van der Waals surface area contributed by atoms with E-state index in [9.17, 15) is 10.1 Å². The molecule has 0 saturated heterocycles. The van der Waals surface area contributed by atoms with Gasteiger partial charge in [0.15, 0.2) is 11.5 Å². The topological polar surface area (TPSA) is 71.3 Å². The maximum atomic E-state index is 12.4. The largest absolute Gasteiger partial charge is 0.490 e. The van der Waals surface area contributed by atoms with E-state index in [0.29, 0.717) is 40.0 Å². The number of fused-ring (bicyclic) bond motifs is 1. The molecule has 0 spiro atoms. The lowest BCUT2D eigenvalue weighted by Crippen LogP contribution is -2.04. The molecular weight excluding hydrogens is 412 g/mol. The Bertz CT molecular complexity index is 1230. The van der Waals surface area contributed by atoms with Gasteiger partial charge < -0.3 is 14.8 Å². The second-order valence-corrected chi connectivity index (χ2v) is 7.34. The summed E-state index contributed by atoms with van der Waals surface area (Å²) in [6.07, 6.45) is 1.81. The summed E-state index contributed by atoms with van der Waals surface area (Å²) in [5, 5.41) is 12.7. The van der Waals surface area contributed by atoms with Gasteiger partial charge in [-0.15, -0.1) is 0 Å². The lowest BCUT2D eigenvalue weighted by atomic mass is 10.0. The first-order chi connectivity index (χ1) is 15.1. The van der Waals surface area contributed by atoms with Gasteiger partial charge in [0.2, 0.25) is 0 Å². The van der Waals surface area contributed by atoms with Gasteiger partial charge >= 0.3 is 0 Å². The van der Waals surface area contributed by atoms with Crippen molar-refractivity contribution in [1.29, 1.82) is 5.26 Å². The number of nitrogens with zero attached hydrogens (tertiary/aromatic N) is 1. The molecule has 1 aliphatic heterocycles. The fourth-order valence-electron chi connectivity index (χ4n) is 3.39. The number of rotatable bonds is 6. The summed E-state index contributed by atoms with van der Waals surface area (Å²) in [7, 11) is 0. The molecule has 0 bridgehead atoms. The normalized spacial score (nSPS) is 13.5. The number of hydrogen-bond donors (Lipinski definition) is 1. The van der Waals surface area contributed by atoms with E-state index in [1.165, 1.54) is 0 Å². The molecule has 4 rings (SSSR count). The minimum Gasteiger partial charge on any atom is -0.490 e. The number of amides is 1. The van der Waals surface area contributed by atoms with Crippen LogP contribution in [0.1, 0.15) is 29.2 Å². The summed E-state index contributed by atoms with van der Waals surface area (Å²) in [4.78, 5) is 12.4. The van der Waals surface area contributed by atoms with Crippen molar-refractivity contribution in [3.63, 3.8) is 0 Å². The van der Waals surface area contributed by atoms with Gasteiger partial charge in [-0.3, -0.25) is 4.79 Å². The zero-order valence-electron chi connectivity index (χ0n) is 16.8. The van der Waals surface area contributed by atoms with Crippen molar-refractivity contribution in [2.75, 3.05) is 11.9 Å². The number of carbonyl (C=O) groups excluding carboxylic acids is 1. The Morgan fingerprint density at radius 1 is 1.06 bits per heavy atom. The van der Waals surface area contributed by atoms with Gasteiger partial charge in [0, 0.05) is 21.7 Å². The molecule has 154 valence electrons. The molecule has 1 heterocycles. The van der Waals surface area contributed by atoms with Crippen molar-refractivity contribution >= 4 is 34.8 Å². The molecule has 3 aromatic carbocycles. The van der Waals surface area contributed by atoms with E-state index in [2.05, 4.69) is 11.4 Å². The highest BCUT2D eigenvalue weighted by atomic mass is 35.5. The Labute approximate surface area is 185 Å². The Balaban J connectivity index is 1.62. The van der Waals surface area contributed by atoms with Crippen molar-refractivity contribution in [1.82, 2.24) is 0 Å². The molecule has 0 radical (unpaired) electrons. The van der Waals surface area contributed by atoms with Crippen molar-refractivity contribution in [3.8, 4) is 17.6 Å². The number of nitrogens with one attached hydrogen (secondary N) is 1. The second-order valence-electron chi connectivity index (χ2n) is 6.90. The number of halogens is 1. The third-order valence-electron chi connectivity index (χ3n) is 4.86. The zero-order chi connectivity index (χ0) is 21.8. The predicted molar refractivity (Wildman–Crippen MR) is 121 cm³/mol. The molecule has 0 atom stereocenters. The zero-order valence-corrected chi connectivity index (χ0v) is 17.6. The van der Waals surface area contributed by atoms with Crippen LogP contribution in [-0.4, -0.2) is 12.5 Å². The quantitative estimate of drug-likeness (QED) is 0.510. The summed E-state index contributed by atoms with van der Waals surface area (Å²) in [6, 6.07) is 20.3. The van der Waals surface area contributed by atoms with E-state index in [-0.39, 0.29) is 12.5 Å². The molecule has 1 amide bonds. The first-order valence-electron chi connectivity index (χ1n) is 9.79. The Morgan fingerprint density at radius 3 is 2.71 bits per heavy atom. The van der Waals surface area contributed by atoms with E-state index < -0.39 is 0 Å². The lowest BCUT2D eigenvalue weighted by molar-refractivity contribution is -0.110. The monoisotopic (exact) mass is 430 g/mol. The van der Waals surface area contributed by atoms with Crippen LogP contribution in [0, 0.1) is 11.3 Å². The van der Waals surface area contributed by atoms with Crippen LogP contribution < -0.4 is 14.8 Å². The molecule has 31 heavy (non-hydrogen) atoms. The molecule has 1 N–H and O–H groups in total. The highest BCUT2D eigenvalue weighted by Crippen LogP contribution is 2.36. The van der Waals surface area contributed by atoms with Crippen LogP contribution in [0.2, 0.25) is 5.02 Å². The van der Waals surface area contributed by atoms with E-state index in [0.717, 1.165) is 16.7 Å². The van der Waals surface area contributed by atoms with Crippen LogP contribution in [0.25, 0.3) is 11.6 Å².